The Morgan fingerprint density at radius 3 is 2.81 bits per heavy atom. The van der Waals surface area contributed by atoms with Crippen LogP contribution in [0.2, 0.25) is 5.02 Å². The van der Waals surface area contributed by atoms with Gasteiger partial charge >= 0.3 is 0 Å². The van der Waals surface area contributed by atoms with Gasteiger partial charge in [0.15, 0.2) is 0 Å². The molecule has 4 rings (SSSR count). The number of nitrogens with zero attached hydrogens (tertiary/aromatic N) is 1. The van der Waals surface area contributed by atoms with Gasteiger partial charge < -0.3 is 9.84 Å². The summed E-state index contributed by atoms with van der Waals surface area (Å²) in [7, 11) is 0. The first kappa shape index (κ1) is 22.9. The van der Waals surface area contributed by atoms with Crippen LogP contribution in [0.3, 0.4) is 0 Å². The number of nitrogens with one attached hydrogen (secondary N) is 1. The minimum atomic E-state index is -0.534. The standard InChI is InChI=1S/C25H26ClFN2O2S/c1-16-22(24(29-31-16)23-20(26)11-6-12-21(23)27)25(30)28-19-10-5-9-18(13-19)15-32-14-17-7-3-2-4-8-17/h2-4,6-8,11-12,18-19H,5,9-10,13-15H2,1H3,(H,28,30). The number of benzene rings is 2. The van der Waals surface area contributed by atoms with Crippen molar-refractivity contribution in [3.05, 3.63) is 76.3 Å². The quantitative estimate of drug-likeness (QED) is 0.417. The van der Waals surface area contributed by atoms with Crippen molar-refractivity contribution >= 4 is 29.3 Å². The van der Waals surface area contributed by atoms with Crippen molar-refractivity contribution in [1.82, 2.24) is 10.5 Å². The van der Waals surface area contributed by atoms with Gasteiger partial charge in [-0.25, -0.2) is 4.39 Å². The highest BCUT2D eigenvalue weighted by molar-refractivity contribution is 7.98. The van der Waals surface area contributed by atoms with E-state index in [1.54, 1.807) is 13.0 Å². The fourth-order valence-corrected chi connectivity index (χ4v) is 5.72. The normalized spacial score (nSPS) is 18.5. The highest BCUT2D eigenvalue weighted by atomic mass is 35.5. The van der Waals surface area contributed by atoms with Crippen molar-refractivity contribution in [3.8, 4) is 11.3 Å². The molecule has 1 N–H and O–H groups in total. The molecule has 1 aliphatic rings. The Kier molecular flexibility index (Phi) is 7.53. The maximum Gasteiger partial charge on any atom is 0.257 e. The van der Waals surface area contributed by atoms with Gasteiger partial charge in [0, 0.05) is 11.8 Å². The van der Waals surface area contributed by atoms with Crippen molar-refractivity contribution in [2.45, 2.75) is 44.4 Å². The number of halogens is 2. The molecule has 4 nitrogen and oxygen atoms in total. The van der Waals surface area contributed by atoms with Gasteiger partial charge in [0.2, 0.25) is 0 Å². The lowest BCUT2D eigenvalue weighted by molar-refractivity contribution is 0.0920. The first-order valence-corrected chi connectivity index (χ1v) is 12.4. The number of aryl methyl sites for hydroxylation is 1. The Morgan fingerprint density at radius 1 is 1.22 bits per heavy atom. The summed E-state index contributed by atoms with van der Waals surface area (Å²) in [5.41, 5.74) is 1.82. The molecule has 1 heterocycles. The third-order valence-electron chi connectivity index (χ3n) is 5.87. The number of amides is 1. The first-order valence-electron chi connectivity index (χ1n) is 10.9. The topological polar surface area (TPSA) is 55.1 Å². The van der Waals surface area contributed by atoms with Crippen LogP contribution >= 0.6 is 23.4 Å². The molecule has 7 heteroatoms. The fraction of sp³-hybridized carbons (Fsp3) is 0.360. The van der Waals surface area contributed by atoms with Crippen LogP contribution in [0.25, 0.3) is 11.3 Å². The number of hydrogen-bond donors (Lipinski definition) is 1. The summed E-state index contributed by atoms with van der Waals surface area (Å²) in [6.07, 6.45) is 4.13. The third-order valence-corrected chi connectivity index (χ3v) is 7.43. The van der Waals surface area contributed by atoms with Crippen LogP contribution < -0.4 is 5.32 Å². The number of thioether (sulfide) groups is 1. The lowest BCUT2D eigenvalue weighted by Crippen LogP contribution is -2.39. The molecule has 2 aromatic carbocycles. The van der Waals surface area contributed by atoms with Crippen LogP contribution in [0.4, 0.5) is 4.39 Å². The average Bonchev–Trinajstić information content (AvgIpc) is 3.16. The molecule has 0 saturated heterocycles. The Hall–Kier alpha value is -2.31. The molecule has 32 heavy (non-hydrogen) atoms. The van der Waals surface area contributed by atoms with Gasteiger partial charge in [-0.15, -0.1) is 0 Å². The van der Waals surface area contributed by atoms with E-state index in [4.69, 9.17) is 16.1 Å². The molecule has 2 atom stereocenters. The molecule has 168 valence electrons. The molecule has 0 bridgehead atoms. The number of carbonyl (C=O) groups is 1. The van der Waals surface area contributed by atoms with Crippen molar-refractivity contribution < 1.29 is 13.7 Å². The summed E-state index contributed by atoms with van der Waals surface area (Å²) in [6, 6.07) is 14.9. The average molecular weight is 473 g/mol. The minimum absolute atomic E-state index is 0.0804. The van der Waals surface area contributed by atoms with Crippen LogP contribution in [0, 0.1) is 18.7 Å². The summed E-state index contributed by atoms with van der Waals surface area (Å²) in [5, 5.41) is 7.27. The van der Waals surface area contributed by atoms with Crippen molar-refractivity contribution in [2.24, 2.45) is 5.92 Å². The number of hydrogen-bond acceptors (Lipinski definition) is 4. The van der Waals surface area contributed by atoms with Crippen molar-refractivity contribution in [1.29, 1.82) is 0 Å². The highest BCUT2D eigenvalue weighted by Crippen LogP contribution is 2.34. The molecule has 0 spiro atoms. The van der Waals surface area contributed by atoms with E-state index < -0.39 is 5.82 Å². The SMILES string of the molecule is Cc1onc(-c2c(F)cccc2Cl)c1C(=O)NC1CCCC(CSCc2ccccc2)C1. The van der Waals surface area contributed by atoms with E-state index in [9.17, 15) is 9.18 Å². The first-order chi connectivity index (χ1) is 15.5. The number of rotatable bonds is 7. The third kappa shape index (κ3) is 5.36. The highest BCUT2D eigenvalue weighted by Gasteiger charge is 2.29. The van der Waals surface area contributed by atoms with Crippen LogP contribution in [-0.2, 0) is 5.75 Å². The zero-order valence-electron chi connectivity index (χ0n) is 17.9. The molecule has 1 amide bonds. The second-order valence-corrected chi connectivity index (χ2v) is 9.70. The van der Waals surface area contributed by atoms with E-state index >= 15 is 0 Å². The van der Waals surface area contributed by atoms with E-state index in [-0.39, 0.29) is 33.8 Å². The minimum Gasteiger partial charge on any atom is -0.360 e. The van der Waals surface area contributed by atoms with Crippen LogP contribution in [0.15, 0.2) is 53.1 Å². The predicted octanol–water partition coefficient (Wildman–Crippen LogP) is 6.66. The molecule has 1 aliphatic carbocycles. The molecule has 0 aliphatic heterocycles. The fourth-order valence-electron chi connectivity index (χ4n) is 4.28. The van der Waals surface area contributed by atoms with E-state index in [1.807, 2.05) is 17.8 Å². The summed E-state index contributed by atoms with van der Waals surface area (Å²) in [6.45, 7) is 1.66. The zero-order valence-corrected chi connectivity index (χ0v) is 19.5. The van der Waals surface area contributed by atoms with Gasteiger partial charge in [-0.3, -0.25) is 4.79 Å². The Balaban J connectivity index is 1.39. The Bertz CT molecular complexity index is 1050. The molecular formula is C25H26ClFN2O2S. The molecule has 1 aromatic heterocycles. The van der Waals surface area contributed by atoms with Gasteiger partial charge in [-0.05, 0) is 55.6 Å². The van der Waals surface area contributed by atoms with Gasteiger partial charge in [0.05, 0.1) is 10.6 Å². The molecule has 1 saturated carbocycles. The zero-order chi connectivity index (χ0) is 22.5. The second-order valence-electron chi connectivity index (χ2n) is 8.26. The summed E-state index contributed by atoms with van der Waals surface area (Å²) < 4.78 is 19.7. The Labute approximate surface area is 196 Å². The maximum atomic E-state index is 14.4. The molecule has 1 fully saturated rings. The van der Waals surface area contributed by atoms with Crippen LogP contribution in [0.5, 0.6) is 0 Å². The molecule has 3 aromatic rings. The second kappa shape index (κ2) is 10.5. The molecule has 0 radical (unpaired) electrons. The van der Waals surface area contributed by atoms with E-state index in [1.165, 1.54) is 24.1 Å². The Morgan fingerprint density at radius 2 is 2.03 bits per heavy atom. The largest absolute Gasteiger partial charge is 0.360 e. The van der Waals surface area contributed by atoms with Crippen LogP contribution in [-0.4, -0.2) is 22.9 Å². The summed E-state index contributed by atoms with van der Waals surface area (Å²) in [4.78, 5) is 13.1. The van der Waals surface area contributed by atoms with Crippen molar-refractivity contribution in [2.75, 3.05) is 5.75 Å². The number of carbonyl (C=O) groups excluding carboxylic acids is 1. The van der Waals surface area contributed by atoms with Crippen molar-refractivity contribution in [3.63, 3.8) is 0 Å². The number of aromatic nitrogens is 1. The maximum absolute atomic E-state index is 14.4. The molecular weight excluding hydrogens is 447 g/mol. The van der Waals surface area contributed by atoms with Gasteiger partial charge in [-0.1, -0.05) is 59.6 Å². The van der Waals surface area contributed by atoms with E-state index in [0.29, 0.717) is 11.7 Å². The molecule has 2 unspecified atom stereocenters. The van der Waals surface area contributed by atoms with Crippen LogP contribution in [0.1, 0.15) is 47.4 Å². The summed E-state index contributed by atoms with van der Waals surface area (Å²) >= 11 is 8.14. The van der Waals surface area contributed by atoms with Gasteiger partial charge in [0.1, 0.15) is 22.8 Å². The van der Waals surface area contributed by atoms with E-state index in [0.717, 1.165) is 30.8 Å². The monoisotopic (exact) mass is 472 g/mol. The predicted molar refractivity (Wildman–Crippen MR) is 127 cm³/mol. The lowest BCUT2D eigenvalue weighted by atomic mass is 9.86. The van der Waals surface area contributed by atoms with Gasteiger partial charge in [0.25, 0.3) is 5.91 Å². The smallest absolute Gasteiger partial charge is 0.257 e. The lowest BCUT2D eigenvalue weighted by Gasteiger charge is -2.29. The summed E-state index contributed by atoms with van der Waals surface area (Å²) in [5.74, 6) is 2.16. The van der Waals surface area contributed by atoms with E-state index in [2.05, 4.69) is 34.7 Å². The van der Waals surface area contributed by atoms with Gasteiger partial charge in [-0.2, -0.15) is 11.8 Å².